The third kappa shape index (κ3) is 2.51. The number of benzene rings is 1. The molecule has 2 nitrogen and oxygen atoms in total. The first-order valence-electron chi connectivity index (χ1n) is 7.61. The van der Waals surface area contributed by atoms with Crippen LogP contribution in [0.4, 0.5) is 5.69 Å². The van der Waals surface area contributed by atoms with E-state index in [1.807, 2.05) is 4.90 Å². The molecular weight excluding hydrogens is 278 g/mol. The van der Waals surface area contributed by atoms with Crippen LogP contribution in [-0.2, 0) is 12.8 Å². The molecule has 110 valence electrons. The fraction of sp³-hybridized carbons (Fsp3) is 0.389. The normalized spacial score (nSPS) is 14.1. The van der Waals surface area contributed by atoms with Crippen molar-refractivity contribution in [3.63, 3.8) is 0 Å². The van der Waals surface area contributed by atoms with E-state index in [4.69, 9.17) is 0 Å². The summed E-state index contributed by atoms with van der Waals surface area (Å²) in [6.07, 6.45) is 3.12. The molecule has 0 unspecified atom stereocenters. The second kappa shape index (κ2) is 5.64. The van der Waals surface area contributed by atoms with Gasteiger partial charge in [-0.15, -0.1) is 11.3 Å². The van der Waals surface area contributed by atoms with Gasteiger partial charge < -0.3 is 4.90 Å². The Morgan fingerprint density at radius 1 is 1.29 bits per heavy atom. The number of hydrogen-bond donors (Lipinski definition) is 0. The fourth-order valence-corrected chi connectivity index (χ4v) is 4.22. The molecule has 0 fully saturated rings. The minimum absolute atomic E-state index is 0.165. The lowest BCUT2D eigenvalue weighted by atomic mass is 9.98. The third-order valence-corrected chi connectivity index (χ3v) is 5.59. The van der Waals surface area contributed by atoms with Crippen molar-refractivity contribution in [1.82, 2.24) is 0 Å². The molecule has 0 radical (unpaired) electrons. The lowest BCUT2D eigenvalue weighted by Crippen LogP contribution is -2.35. The average Bonchev–Trinajstić information content (AvgIpc) is 2.87. The van der Waals surface area contributed by atoms with Crippen LogP contribution in [0.3, 0.4) is 0 Å². The van der Waals surface area contributed by atoms with Gasteiger partial charge in [-0.2, -0.15) is 0 Å². The van der Waals surface area contributed by atoms with Crippen molar-refractivity contribution in [1.29, 1.82) is 0 Å². The predicted molar refractivity (Wildman–Crippen MR) is 89.6 cm³/mol. The maximum Gasteiger partial charge on any atom is 0.268 e. The molecule has 0 saturated carbocycles. The van der Waals surface area contributed by atoms with E-state index >= 15 is 0 Å². The van der Waals surface area contributed by atoms with Gasteiger partial charge in [0.05, 0.1) is 10.6 Å². The maximum atomic E-state index is 12.9. The minimum Gasteiger partial charge on any atom is -0.307 e. The van der Waals surface area contributed by atoms with Crippen LogP contribution in [0, 0.1) is 13.8 Å². The number of nitrogens with zero attached hydrogens (tertiary/aromatic N) is 1. The van der Waals surface area contributed by atoms with Crippen molar-refractivity contribution in [3.8, 4) is 0 Å². The van der Waals surface area contributed by atoms with Gasteiger partial charge in [-0.05, 0) is 55.9 Å². The van der Waals surface area contributed by atoms with Crippen LogP contribution in [0.2, 0.25) is 0 Å². The summed E-state index contributed by atoms with van der Waals surface area (Å²) >= 11 is 1.65. The molecule has 2 heterocycles. The van der Waals surface area contributed by atoms with E-state index in [0.29, 0.717) is 0 Å². The molecule has 2 aromatic rings. The number of carbonyl (C=O) groups excluding carboxylic acids is 1. The first-order valence-corrected chi connectivity index (χ1v) is 8.43. The van der Waals surface area contributed by atoms with Crippen molar-refractivity contribution in [3.05, 3.63) is 50.7 Å². The fourth-order valence-electron chi connectivity index (χ4n) is 3.16. The third-order valence-electron chi connectivity index (χ3n) is 4.22. The van der Waals surface area contributed by atoms with Gasteiger partial charge in [-0.25, -0.2) is 0 Å². The molecule has 1 aromatic carbocycles. The SMILES string of the molecule is CCc1sc(C(=O)N2CCCc3cccc(C)c32)cc1C. The Morgan fingerprint density at radius 3 is 2.81 bits per heavy atom. The molecule has 0 N–H and O–H groups in total. The molecule has 1 aliphatic rings. The van der Waals surface area contributed by atoms with Gasteiger partial charge >= 0.3 is 0 Å². The second-order valence-corrected chi connectivity index (χ2v) is 6.85. The standard InChI is InChI=1S/C18H21NOS/c1-4-15-13(3)11-16(21-15)18(20)19-10-6-9-14-8-5-7-12(2)17(14)19/h5,7-8,11H,4,6,9-10H2,1-3H3. The van der Waals surface area contributed by atoms with Crippen LogP contribution in [0.25, 0.3) is 0 Å². The van der Waals surface area contributed by atoms with Crippen molar-refractivity contribution in [2.24, 2.45) is 0 Å². The van der Waals surface area contributed by atoms with Crippen molar-refractivity contribution in [2.75, 3.05) is 11.4 Å². The topological polar surface area (TPSA) is 20.3 Å². The molecular formula is C18H21NOS. The number of carbonyl (C=O) groups is 1. The smallest absolute Gasteiger partial charge is 0.268 e. The Balaban J connectivity index is 2.00. The largest absolute Gasteiger partial charge is 0.307 e. The number of fused-ring (bicyclic) bond motifs is 1. The molecule has 0 spiro atoms. The number of aryl methyl sites for hydroxylation is 4. The highest BCUT2D eigenvalue weighted by atomic mass is 32.1. The Hall–Kier alpha value is -1.61. The summed E-state index contributed by atoms with van der Waals surface area (Å²) in [5.41, 5.74) is 4.88. The Labute approximate surface area is 130 Å². The zero-order chi connectivity index (χ0) is 15.0. The maximum absolute atomic E-state index is 12.9. The van der Waals surface area contributed by atoms with E-state index < -0.39 is 0 Å². The lowest BCUT2D eigenvalue weighted by molar-refractivity contribution is 0.0989. The van der Waals surface area contributed by atoms with E-state index in [0.717, 1.165) is 36.4 Å². The summed E-state index contributed by atoms with van der Waals surface area (Å²) < 4.78 is 0. The van der Waals surface area contributed by atoms with Crippen LogP contribution in [0.1, 0.15) is 44.6 Å². The minimum atomic E-state index is 0.165. The van der Waals surface area contributed by atoms with Crippen molar-refractivity contribution >= 4 is 22.9 Å². The number of amides is 1. The monoisotopic (exact) mass is 299 g/mol. The Kier molecular flexibility index (Phi) is 3.85. The van der Waals surface area contributed by atoms with Crippen LogP contribution in [-0.4, -0.2) is 12.5 Å². The van der Waals surface area contributed by atoms with E-state index in [9.17, 15) is 4.79 Å². The predicted octanol–water partition coefficient (Wildman–Crippen LogP) is 4.52. The van der Waals surface area contributed by atoms with Crippen LogP contribution in [0.15, 0.2) is 24.3 Å². The van der Waals surface area contributed by atoms with E-state index in [-0.39, 0.29) is 5.91 Å². The van der Waals surface area contributed by atoms with Gasteiger partial charge in [0.2, 0.25) is 0 Å². The van der Waals surface area contributed by atoms with Crippen molar-refractivity contribution in [2.45, 2.75) is 40.0 Å². The Bertz CT molecular complexity index is 687. The van der Waals surface area contributed by atoms with Crippen LogP contribution < -0.4 is 4.90 Å². The first kappa shape index (κ1) is 14.3. The highest BCUT2D eigenvalue weighted by molar-refractivity contribution is 7.14. The molecule has 0 bridgehead atoms. The van der Waals surface area contributed by atoms with Gasteiger partial charge in [0, 0.05) is 11.4 Å². The summed E-state index contributed by atoms with van der Waals surface area (Å²) in [6, 6.07) is 8.39. The van der Waals surface area contributed by atoms with Crippen LogP contribution in [0.5, 0.6) is 0 Å². The molecule has 1 aliphatic heterocycles. The quantitative estimate of drug-likeness (QED) is 0.798. The van der Waals surface area contributed by atoms with E-state index in [2.05, 4.69) is 45.0 Å². The van der Waals surface area contributed by atoms with Crippen LogP contribution >= 0.6 is 11.3 Å². The number of thiophene rings is 1. The molecule has 3 rings (SSSR count). The molecule has 0 aliphatic carbocycles. The summed E-state index contributed by atoms with van der Waals surface area (Å²) in [4.78, 5) is 17.1. The number of para-hydroxylation sites is 1. The van der Waals surface area contributed by atoms with Gasteiger partial charge in [-0.3, -0.25) is 4.79 Å². The molecule has 1 aromatic heterocycles. The van der Waals surface area contributed by atoms with Crippen molar-refractivity contribution < 1.29 is 4.79 Å². The molecule has 3 heteroatoms. The number of rotatable bonds is 2. The summed E-state index contributed by atoms with van der Waals surface area (Å²) in [5, 5.41) is 0. The molecule has 21 heavy (non-hydrogen) atoms. The molecule has 1 amide bonds. The number of hydrogen-bond acceptors (Lipinski definition) is 2. The average molecular weight is 299 g/mol. The first-order chi connectivity index (χ1) is 10.1. The summed E-state index contributed by atoms with van der Waals surface area (Å²) in [6.45, 7) is 7.17. The highest BCUT2D eigenvalue weighted by Crippen LogP contribution is 2.33. The van der Waals surface area contributed by atoms with E-state index in [1.165, 1.54) is 21.6 Å². The molecule has 0 saturated heterocycles. The highest BCUT2D eigenvalue weighted by Gasteiger charge is 2.26. The zero-order valence-corrected chi connectivity index (χ0v) is 13.7. The summed E-state index contributed by atoms with van der Waals surface area (Å²) in [5.74, 6) is 0.165. The van der Waals surface area contributed by atoms with Gasteiger partial charge in [0.1, 0.15) is 0 Å². The second-order valence-electron chi connectivity index (χ2n) is 5.71. The number of anilines is 1. The van der Waals surface area contributed by atoms with Gasteiger partial charge in [-0.1, -0.05) is 25.1 Å². The molecule has 0 atom stereocenters. The van der Waals surface area contributed by atoms with E-state index in [1.54, 1.807) is 11.3 Å². The lowest BCUT2D eigenvalue weighted by Gasteiger charge is -2.30. The zero-order valence-electron chi connectivity index (χ0n) is 12.9. The van der Waals surface area contributed by atoms with Gasteiger partial charge in [0.25, 0.3) is 5.91 Å². The summed E-state index contributed by atoms with van der Waals surface area (Å²) in [7, 11) is 0. The van der Waals surface area contributed by atoms with Gasteiger partial charge in [0.15, 0.2) is 0 Å². The Morgan fingerprint density at radius 2 is 2.10 bits per heavy atom.